The molecule has 0 aliphatic carbocycles. The number of hydrogen-bond donors (Lipinski definition) is 1. The van der Waals surface area contributed by atoms with Crippen LogP contribution in [0.15, 0.2) is 35.3 Å². The highest BCUT2D eigenvalue weighted by molar-refractivity contribution is 5.81. The molecule has 76 valence electrons. The summed E-state index contributed by atoms with van der Waals surface area (Å²) in [5.74, 6) is 0. The van der Waals surface area contributed by atoms with Gasteiger partial charge in [-0.2, -0.15) is 0 Å². The van der Waals surface area contributed by atoms with Crippen molar-refractivity contribution in [3.63, 3.8) is 0 Å². The molecule has 0 spiro atoms. The molecule has 0 saturated heterocycles. The summed E-state index contributed by atoms with van der Waals surface area (Å²) in [4.78, 5) is 13.9. The number of aromatic nitrogens is 1. The maximum Gasteiger partial charge on any atom is 0.255 e. The summed E-state index contributed by atoms with van der Waals surface area (Å²) < 4.78 is 0. The molecule has 0 atom stereocenters. The highest BCUT2D eigenvalue weighted by Gasteiger charge is 1.95. The summed E-state index contributed by atoms with van der Waals surface area (Å²) in [5.41, 5.74) is 1.09. The molecule has 14 heavy (non-hydrogen) atoms. The van der Waals surface area contributed by atoms with Crippen LogP contribution in [-0.2, 0) is 0 Å². The van der Waals surface area contributed by atoms with E-state index >= 15 is 0 Å². The molecule has 0 amide bonds. The largest absolute Gasteiger partial charge is 0.329 e. The van der Waals surface area contributed by atoms with Crippen LogP contribution in [0.4, 0.5) is 0 Å². The van der Waals surface area contributed by atoms with Crippen molar-refractivity contribution < 1.29 is 1.43 Å². The molecule has 2 aromatic rings. The molecule has 2 nitrogen and oxygen atoms in total. The lowest BCUT2D eigenvalue weighted by atomic mass is 10.1. The first-order valence-corrected chi connectivity index (χ1v) is 4.85. The Morgan fingerprint density at radius 2 is 1.93 bits per heavy atom. The Labute approximate surface area is 85.1 Å². The van der Waals surface area contributed by atoms with E-state index in [1.165, 1.54) is 0 Å². The van der Waals surface area contributed by atoms with E-state index < -0.39 is 0 Å². The predicted molar refractivity (Wildman–Crippen MR) is 62.8 cm³/mol. The van der Waals surface area contributed by atoms with E-state index in [1.807, 2.05) is 45.0 Å². The van der Waals surface area contributed by atoms with Gasteiger partial charge in [0.25, 0.3) is 5.56 Å². The molecule has 1 N–H and O–H groups in total. The van der Waals surface area contributed by atoms with E-state index in [4.69, 9.17) is 0 Å². The number of benzene rings is 1. The molecular formula is C12H17NO. The average molecular weight is 191 g/mol. The Hall–Kier alpha value is -1.57. The summed E-state index contributed by atoms with van der Waals surface area (Å²) >= 11 is 0. The van der Waals surface area contributed by atoms with E-state index in [-0.39, 0.29) is 6.99 Å². The zero-order valence-corrected chi connectivity index (χ0v) is 8.79. The standard InChI is InChI=1S/C10H9NO.C2H6.H2/c1-7-2-3-8-4-5-11-10(12)9(8)6-7;1-2;/h2-6H,1H3,(H,11,12);1-2H3;1H. The van der Waals surface area contributed by atoms with Gasteiger partial charge in [0.15, 0.2) is 0 Å². The summed E-state index contributed by atoms with van der Waals surface area (Å²) in [6, 6.07) is 7.76. The van der Waals surface area contributed by atoms with Crippen molar-refractivity contribution in [1.82, 2.24) is 4.98 Å². The topological polar surface area (TPSA) is 32.9 Å². The molecule has 2 heteroatoms. The van der Waals surface area contributed by atoms with E-state index in [9.17, 15) is 4.79 Å². The maximum atomic E-state index is 11.3. The number of pyridine rings is 1. The fourth-order valence-corrected chi connectivity index (χ4v) is 1.30. The Morgan fingerprint density at radius 1 is 1.21 bits per heavy atom. The Bertz CT molecular complexity index is 476. The number of nitrogens with one attached hydrogen (secondary N) is 1. The molecular weight excluding hydrogens is 174 g/mol. The van der Waals surface area contributed by atoms with E-state index in [1.54, 1.807) is 6.20 Å². The first-order chi connectivity index (χ1) is 6.77. The lowest BCUT2D eigenvalue weighted by molar-refractivity contribution is 1.27. The monoisotopic (exact) mass is 191 g/mol. The van der Waals surface area contributed by atoms with Crippen molar-refractivity contribution in [2.75, 3.05) is 0 Å². The molecule has 1 heterocycles. The number of H-pyrrole nitrogens is 1. The van der Waals surface area contributed by atoms with Crippen molar-refractivity contribution in [3.05, 3.63) is 46.4 Å². The molecule has 1 aromatic heterocycles. The Balaban J connectivity index is 0.000000617. The second kappa shape index (κ2) is 4.61. The molecule has 0 saturated carbocycles. The minimum atomic E-state index is -0.0174. The van der Waals surface area contributed by atoms with Gasteiger partial charge in [0.1, 0.15) is 0 Å². The zero-order chi connectivity index (χ0) is 10.6. The van der Waals surface area contributed by atoms with Crippen LogP contribution in [-0.4, -0.2) is 4.98 Å². The van der Waals surface area contributed by atoms with Gasteiger partial charge < -0.3 is 4.98 Å². The van der Waals surface area contributed by atoms with Gasteiger partial charge in [0.05, 0.1) is 0 Å². The third-order valence-electron chi connectivity index (χ3n) is 1.93. The van der Waals surface area contributed by atoms with Crippen molar-refractivity contribution in [2.45, 2.75) is 20.8 Å². The van der Waals surface area contributed by atoms with Crippen LogP contribution >= 0.6 is 0 Å². The van der Waals surface area contributed by atoms with Gasteiger partial charge in [-0.25, -0.2) is 0 Å². The first kappa shape index (κ1) is 10.5. The molecule has 0 bridgehead atoms. The summed E-state index contributed by atoms with van der Waals surface area (Å²) in [6.07, 6.45) is 1.67. The van der Waals surface area contributed by atoms with Crippen molar-refractivity contribution in [3.8, 4) is 0 Å². The molecule has 0 aliphatic rings. The summed E-state index contributed by atoms with van der Waals surface area (Å²) in [6.45, 7) is 5.98. The highest BCUT2D eigenvalue weighted by Crippen LogP contribution is 2.09. The fourth-order valence-electron chi connectivity index (χ4n) is 1.30. The van der Waals surface area contributed by atoms with Crippen molar-refractivity contribution in [1.29, 1.82) is 0 Å². The lowest BCUT2D eigenvalue weighted by Crippen LogP contribution is -2.03. The van der Waals surface area contributed by atoms with Crippen LogP contribution in [0.1, 0.15) is 20.8 Å². The minimum absolute atomic E-state index is 0. The molecule has 0 radical (unpaired) electrons. The number of fused-ring (bicyclic) bond motifs is 1. The lowest BCUT2D eigenvalue weighted by Gasteiger charge is -1.96. The van der Waals surface area contributed by atoms with E-state index in [0.717, 1.165) is 16.3 Å². The van der Waals surface area contributed by atoms with Crippen LogP contribution < -0.4 is 5.56 Å². The third kappa shape index (κ3) is 2.02. The van der Waals surface area contributed by atoms with Gasteiger partial charge in [0, 0.05) is 13.0 Å². The number of aromatic amines is 1. The fraction of sp³-hybridized carbons (Fsp3) is 0.250. The van der Waals surface area contributed by atoms with Gasteiger partial charge in [-0.15, -0.1) is 0 Å². The third-order valence-corrected chi connectivity index (χ3v) is 1.93. The predicted octanol–water partition coefficient (Wildman–Crippen LogP) is 3.11. The van der Waals surface area contributed by atoms with Gasteiger partial charge in [-0.05, 0) is 24.4 Å². The number of rotatable bonds is 0. The van der Waals surface area contributed by atoms with Gasteiger partial charge >= 0.3 is 0 Å². The second-order valence-electron chi connectivity index (χ2n) is 2.90. The van der Waals surface area contributed by atoms with Crippen molar-refractivity contribution >= 4 is 10.8 Å². The quantitative estimate of drug-likeness (QED) is 0.682. The zero-order valence-electron chi connectivity index (χ0n) is 8.79. The first-order valence-electron chi connectivity index (χ1n) is 4.85. The van der Waals surface area contributed by atoms with E-state index in [2.05, 4.69) is 4.98 Å². The maximum absolute atomic E-state index is 11.3. The normalized spacial score (nSPS) is 9.36. The highest BCUT2D eigenvalue weighted by atomic mass is 16.1. The summed E-state index contributed by atoms with van der Waals surface area (Å²) in [5, 5.41) is 1.75. The molecule has 0 fully saturated rings. The minimum Gasteiger partial charge on any atom is -0.329 e. The summed E-state index contributed by atoms with van der Waals surface area (Å²) in [7, 11) is 0. The average Bonchev–Trinajstić information content (AvgIpc) is 2.22. The number of hydrogen-bond acceptors (Lipinski definition) is 1. The van der Waals surface area contributed by atoms with Gasteiger partial charge in [-0.3, -0.25) is 4.79 Å². The van der Waals surface area contributed by atoms with E-state index in [0.29, 0.717) is 0 Å². The second-order valence-corrected chi connectivity index (χ2v) is 2.90. The molecule has 0 unspecified atom stereocenters. The van der Waals surface area contributed by atoms with Crippen LogP contribution in [0.2, 0.25) is 0 Å². The Kier molecular flexibility index (Phi) is 3.46. The van der Waals surface area contributed by atoms with Crippen LogP contribution in [0.3, 0.4) is 0 Å². The van der Waals surface area contributed by atoms with Crippen LogP contribution in [0.5, 0.6) is 0 Å². The SMILES string of the molecule is CC.Cc1ccc2cc[nH]c(=O)c2c1.[HH]. The van der Waals surface area contributed by atoms with Gasteiger partial charge in [-0.1, -0.05) is 31.5 Å². The van der Waals surface area contributed by atoms with Gasteiger partial charge in [0.2, 0.25) is 0 Å². The van der Waals surface area contributed by atoms with Crippen LogP contribution in [0, 0.1) is 6.92 Å². The smallest absolute Gasteiger partial charge is 0.255 e. The Morgan fingerprint density at radius 3 is 2.64 bits per heavy atom. The molecule has 2 rings (SSSR count). The molecule has 0 aliphatic heterocycles. The number of aryl methyl sites for hydroxylation is 1. The molecule has 1 aromatic carbocycles. The van der Waals surface area contributed by atoms with Crippen LogP contribution in [0.25, 0.3) is 10.8 Å². The van der Waals surface area contributed by atoms with Crippen molar-refractivity contribution in [2.24, 2.45) is 0 Å².